The van der Waals surface area contributed by atoms with Crippen LogP contribution in [-0.2, 0) is 6.42 Å². The number of halogens is 1. The Hall–Kier alpha value is 0.490. The minimum absolute atomic E-state index is 0.981. The van der Waals surface area contributed by atoms with Crippen molar-refractivity contribution in [2.45, 2.75) is 12.8 Å². The third kappa shape index (κ3) is 4.82. The van der Waals surface area contributed by atoms with Crippen LogP contribution < -0.4 is 0 Å². The van der Waals surface area contributed by atoms with Crippen LogP contribution in [0.25, 0.3) is 0 Å². The normalized spacial score (nSPS) is 11.1. The summed E-state index contributed by atoms with van der Waals surface area (Å²) in [5.74, 6) is 0.981. The molecule has 0 radical (unpaired) electrons. The summed E-state index contributed by atoms with van der Waals surface area (Å²) >= 11 is 9.51. The van der Waals surface area contributed by atoms with Crippen LogP contribution in [0.1, 0.15) is 11.3 Å². The van der Waals surface area contributed by atoms with Gasteiger partial charge in [-0.25, -0.2) is 0 Å². The van der Waals surface area contributed by atoms with Crippen molar-refractivity contribution in [1.82, 2.24) is 4.90 Å². The van der Waals surface area contributed by atoms with Crippen molar-refractivity contribution in [3.8, 4) is 0 Å². The molecule has 0 spiro atoms. The standard InChI is InChI=1S/C10H16BrNS2/c1-12(6-2-8-13)7-5-9-3-4-10(11)14-9/h3-4,13H,2,5-8H2,1H3. The third-order valence-electron chi connectivity index (χ3n) is 2.07. The first-order chi connectivity index (χ1) is 6.72. The zero-order valence-corrected chi connectivity index (χ0v) is 11.7. The van der Waals surface area contributed by atoms with Crippen molar-refractivity contribution >= 4 is 39.9 Å². The molecular weight excluding hydrogens is 278 g/mol. The molecule has 0 aliphatic heterocycles. The topological polar surface area (TPSA) is 3.24 Å². The van der Waals surface area contributed by atoms with E-state index in [-0.39, 0.29) is 0 Å². The molecule has 0 unspecified atom stereocenters. The third-order valence-corrected chi connectivity index (χ3v) is 4.07. The van der Waals surface area contributed by atoms with E-state index in [1.165, 1.54) is 15.1 Å². The van der Waals surface area contributed by atoms with E-state index in [4.69, 9.17) is 0 Å². The Kier molecular flexibility index (Phi) is 6.17. The van der Waals surface area contributed by atoms with Crippen molar-refractivity contribution in [2.75, 3.05) is 25.9 Å². The zero-order valence-electron chi connectivity index (χ0n) is 8.37. The van der Waals surface area contributed by atoms with Gasteiger partial charge in [-0.15, -0.1) is 11.3 Å². The molecule has 0 amide bonds. The summed E-state index contributed by atoms with van der Waals surface area (Å²) in [7, 11) is 2.17. The van der Waals surface area contributed by atoms with Crippen LogP contribution in [0.5, 0.6) is 0 Å². The molecule has 1 nitrogen and oxygen atoms in total. The largest absolute Gasteiger partial charge is 0.306 e. The van der Waals surface area contributed by atoms with Crippen molar-refractivity contribution in [3.05, 3.63) is 20.8 Å². The fourth-order valence-electron chi connectivity index (χ4n) is 1.24. The Morgan fingerprint density at radius 3 is 2.79 bits per heavy atom. The van der Waals surface area contributed by atoms with Crippen LogP contribution in [0, 0.1) is 0 Å². The average molecular weight is 294 g/mol. The second-order valence-corrected chi connectivity index (χ2v) is 6.33. The Labute approximate surface area is 104 Å². The van der Waals surface area contributed by atoms with E-state index >= 15 is 0 Å². The summed E-state index contributed by atoms with van der Waals surface area (Å²) in [6.07, 6.45) is 2.33. The van der Waals surface area contributed by atoms with Gasteiger partial charge < -0.3 is 4.90 Å². The van der Waals surface area contributed by atoms with Crippen LogP contribution in [0.15, 0.2) is 15.9 Å². The van der Waals surface area contributed by atoms with Gasteiger partial charge in [-0.3, -0.25) is 0 Å². The van der Waals surface area contributed by atoms with E-state index in [1.807, 2.05) is 11.3 Å². The highest BCUT2D eigenvalue weighted by atomic mass is 79.9. The molecule has 1 heterocycles. The van der Waals surface area contributed by atoms with Crippen molar-refractivity contribution in [2.24, 2.45) is 0 Å². The van der Waals surface area contributed by atoms with Gasteiger partial charge in [-0.05, 0) is 60.2 Å². The van der Waals surface area contributed by atoms with Crippen LogP contribution >= 0.6 is 39.9 Å². The van der Waals surface area contributed by atoms with Gasteiger partial charge in [0.15, 0.2) is 0 Å². The molecule has 0 aliphatic carbocycles. The zero-order chi connectivity index (χ0) is 10.4. The summed E-state index contributed by atoms with van der Waals surface area (Å²) in [4.78, 5) is 3.82. The Balaban J connectivity index is 2.20. The average Bonchev–Trinajstić information content (AvgIpc) is 2.58. The molecule has 0 aliphatic rings. The number of thiol groups is 1. The van der Waals surface area contributed by atoms with E-state index < -0.39 is 0 Å². The SMILES string of the molecule is CN(CCCS)CCc1ccc(Br)s1. The molecule has 0 N–H and O–H groups in total. The van der Waals surface area contributed by atoms with E-state index in [0.717, 1.165) is 25.3 Å². The van der Waals surface area contributed by atoms with Gasteiger partial charge in [0.1, 0.15) is 0 Å². The lowest BCUT2D eigenvalue weighted by Gasteiger charge is -2.14. The van der Waals surface area contributed by atoms with E-state index in [1.54, 1.807) is 0 Å². The summed E-state index contributed by atoms with van der Waals surface area (Å²) < 4.78 is 1.23. The first-order valence-corrected chi connectivity index (χ1v) is 7.00. The highest BCUT2D eigenvalue weighted by molar-refractivity contribution is 9.11. The summed E-state index contributed by atoms with van der Waals surface area (Å²) in [6, 6.07) is 4.31. The summed E-state index contributed by atoms with van der Waals surface area (Å²) in [6.45, 7) is 2.29. The number of thiophene rings is 1. The maximum absolute atomic E-state index is 4.21. The highest BCUT2D eigenvalue weighted by Crippen LogP contribution is 2.22. The van der Waals surface area contributed by atoms with Gasteiger partial charge in [0.2, 0.25) is 0 Å². The second kappa shape index (κ2) is 6.88. The van der Waals surface area contributed by atoms with Gasteiger partial charge in [-0.1, -0.05) is 0 Å². The number of hydrogen-bond acceptors (Lipinski definition) is 3. The van der Waals surface area contributed by atoms with Gasteiger partial charge in [0.05, 0.1) is 3.79 Å². The lowest BCUT2D eigenvalue weighted by molar-refractivity contribution is 0.341. The molecule has 80 valence electrons. The first-order valence-electron chi connectivity index (χ1n) is 4.76. The molecule has 0 saturated carbocycles. The van der Waals surface area contributed by atoms with Crippen LogP contribution in [0.3, 0.4) is 0 Å². The minimum atomic E-state index is 0.981. The smallest absolute Gasteiger partial charge is 0.0701 e. The van der Waals surface area contributed by atoms with Crippen LogP contribution in [-0.4, -0.2) is 30.8 Å². The Morgan fingerprint density at radius 2 is 2.21 bits per heavy atom. The molecule has 4 heteroatoms. The molecule has 14 heavy (non-hydrogen) atoms. The molecule has 1 rings (SSSR count). The second-order valence-electron chi connectivity index (χ2n) is 3.34. The summed E-state index contributed by atoms with van der Waals surface area (Å²) in [5, 5.41) is 0. The fraction of sp³-hybridized carbons (Fsp3) is 0.600. The molecule has 0 bridgehead atoms. The highest BCUT2D eigenvalue weighted by Gasteiger charge is 2.01. The van der Waals surface area contributed by atoms with Crippen molar-refractivity contribution in [3.63, 3.8) is 0 Å². The number of rotatable bonds is 6. The lowest BCUT2D eigenvalue weighted by atomic mass is 10.3. The molecule has 1 aromatic heterocycles. The maximum atomic E-state index is 4.21. The van der Waals surface area contributed by atoms with Gasteiger partial charge in [0, 0.05) is 11.4 Å². The van der Waals surface area contributed by atoms with E-state index in [0.29, 0.717) is 0 Å². The Bertz CT molecular complexity index is 262. The van der Waals surface area contributed by atoms with Gasteiger partial charge in [0.25, 0.3) is 0 Å². The number of nitrogens with zero attached hydrogens (tertiary/aromatic N) is 1. The number of hydrogen-bond donors (Lipinski definition) is 1. The van der Waals surface area contributed by atoms with Crippen LogP contribution in [0.2, 0.25) is 0 Å². The van der Waals surface area contributed by atoms with E-state index in [2.05, 4.69) is 52.6 Å². The molecule has 0 saturated heterocycles. The fourth-order valence-corrected chi connectivity index (χ4v) is 2.85. The summed E-state index contributed by atoms with van der Waals surface area (Å²) in [5.41, 5.74) is 0. The Morgan fingerprint density at radius 1 is 1.43 bits per heavy atom. The maximum Gasteiger partial charge on any atom is 0.0701 e. The number of likely N-dealkylation sites (N-methyl/N-ethyl adjacent to an activating group) is 1. The van der Waals surface area contributed by atoms with Crippen LogP contribution in [0.4, 0.5) is 0 Å². The first kappa shape index (κ1) is 12.6. The molecule has 0 fully saturated rings. The molecule has 0 aromatic carbocycles. The van der Waals surface area contributed by atoms with Crippen molar-refractivity contribution < 1.29 is 0 Å². The van der Waals surface area contributed by atoms with Gasteiger partial charge >= 0.3 is 0 Å². The monoisotopic (exact) mass is 293 g/mol. The van der Waals surface area contributed by atoms with Crippen molar-refractivity contribution in [1.29, 1.82) is 0 Å². The van der Waals surface area contributed by atoms with E-state index in [9.17, 15) is 0 Å². The molecule has 1 aromatic rings. The van der Waals surface area contributed by atoms with Gasteiger partial charge in [-0.2, -0.15) is 12.6 Å². The predicted molar refractivity (Wildman–Crippen MR) is 71.7 cm³/mol. The minimum Gasteiger partial charge on any atom is -0.306 e. The lowest BCUT2D eigenvalue weighted by Crippen LogP contribution is -2.22. The molecule has 0 atom stereocenters. The quantitative estimate of drug-likeness (QED) is 0.788. The predicted octanol–water partition coefficient (Wildman–Crippen LogP) is 3.30. The molecular formula is C10H16BrNS2.